The molecular weight excluding hydrogens is 472 g/mol. The molecule has 0 fully saturated rings. The summed E-state index contributed by atoms with van der Waals surface area (Å²) in [5.74, 6) is 0. The van der Waals surface area contributed by atoms with Crippen LogP contribution in [0.25, 0.3) is 66.1 Å². The first-order chi connectivity index (χ1) is 19.3. The van der Waals surface area contributed by atoms with Crippen molar-refractivity contribution in [2.24, 2.45) is 0 Å². The number of rotatable bonds is 4. The molecule has 0 bridgehead atoms. The Labute approximate surface area is 228 Å². The van der Waals surface area contributed by atoms with E-state index in [0.717, 1.165) is 16.7 Å². The van der Waals surface area contributed by atoms with Gasteiger partial charge >= 0.3 is 0 Å². The van der Waals surface area contributed by atoms with E-state index >= 15 is 0 Å². The summed E-state index contributed by atoms with van der Waals surface area (Å²) in [6, 6.07) is 41.6. The molecule has 2 aromatic heterocycles. The zero-order valence-electron chi connectivity index (χ0n) is 21.7. The lowest BCUT2D eigenvalue weighted by Crippen LogP contribution is -1.91. The van der Waals surface area contributed by atoms with Crippen molar-refractivity contribution in [1.29, 1.82) is 0 Å². The van der Waals surface area contributed by atoms with Gasteiger partial charge < -0.3 is 0 Å². The SMILES string of the molecule is Cc1cncc(-c2ccc(-c3c4ccccc4c(-c4ccc(-c5cccnc5)cc4)c4ccccc34)cc2)c1. The van der Waals surface area contributed by atoms with Crippen LogP contribution in [0.1, 0.15) is 5.56 Å². The van der Waals surface area contributed by atoms with Gasteiger partial charge in [0.1, 0.15) is 0 Å². The van der Waals surface area contributed by atoms with Gasteiger partial charge in [-0.2, -0.15) is 0 Å². The van der Waals surface area contributed by atoms with Crippen LogP contribution in [0.5, 0.6) is 0 Å². The minimum Gasteiger partial charge on any atom is -0.264 e. The molecule has 0 unspecified atom stereocenters. The van der Waals surface area contributed by atoms with Gasteiger partial charge in [0.15, 0.2) is 0 Å². The largest absolute Gasteiger partial charge is 0.264 e. The maximum absolute atomic E-state index is 4.38. The number of aromatic nitrogens is 2. The summed E-state index contributed by atoms with van der Waals surface area (Å²) >= 11 is 0. The fraction of sp³-hybridized carbons (Fsp3) is 0.0270. The van der Waals surface area contributed by atoms with Crippen molar-refractivity contribution in [1.82, 2.24) is 9.97 Å². The van der Waals surface area contributed by atoms with E-state index < -0.39 is 0 Å². The number of aryl methyl sites for hydroxylation is 1. The van der Waals surface area contributed by atoms with Gasteiger partial charge in [-0.3, -0.25) is 9.97 Å². The molecule has 0 aliphatic rings. The second-order valence-corrected chi connectivity index (χ2v) is 9.99. The van der Waals surface area contributed by atoms with E-state index in [2.05, 4.69) is 126 Å². The van der Waals surface area contributed by atoms with E-state index in [-0.39, 0.29) is 0 Å². The highest BCUT2D eigenvalue weighted by Crippen LogP contribution is 2.44. The van der Waals surface area contributed by atoms with Gasteiger partial charge in [-0.25, -0.2) is 0 Å². The predicted molar refractivity (Wildman–Crippen MR) is 164 cm³/mol. The van der Waals surface area contributed by atoms with E-state index in [1.54, 1.807) is 0 Å². The number of hydrogen-bond donors (Lipinski definition) is 0. The van der Waals surface area contributed by atoms with Crippen LogP contribution in [0, 0.1) is 6.92 Å². The summed E-state index contributed by atoms with van der Waals surface area (Å²) in [6.07, 6.45) is 7.55. The van der Waals surface area contributed by atoms with Crippen molar-refractivity contribution in [2.75, 3.05) is 0 Å². The van der Waals surface area contributed by atoms with Crippen LogP contribution in [0.4, 0.5) is 0 Å². The third-order valence-electron chi connectivity index (χ3n) is 7.48. The van der Waals surface area contributed by atoms with Gasteiger partial charge in [0, 0.05) is 30.4 Å². The Morgan fingerprint density at radius 3 is 1.31 bits per heavy atom. The van der Waals surface area contributed by atoms with Crippen molar-refractivity contribution in [2.45, 2.75) is 6.92 Å². The Bertz CT molecular complexity index is 1880. The maximum Gasteiger partial charge on any atom is 0.0346 e. The average Bonchev–Trinajstić information content (AvgIpc) is 3.00. The standard InChI is InChI=1S/C37H26N2/c1-25-21-31(24-39-22-25)27-14-18-29(19-15-27)37-34-10-4-2-8-32(34)36(33-9-3-5-11-35(33)37)28-16-12-26(13-17-28)30-7-6-20-38-23-30/h2-24H,1H3. The minimum absolute atomic E-state index is 1.12. The Balaban J connectivity index is 1.41. The molecule has 5 aromatic carbocycles. The van der Waals surface area contributed by atoms with Gasteiger partial charge in [0.05, 0.1) is 0 Å². The van der Waals surface area contributed by atoms with E-state index in [4.69, 9.17) is 0 Å². The molecule has 2 heterocycles. The first-order valence-corrected chi connectivity index (χ1v) is 13.2. The van der Waals surface area contributed by atoms with E-state index in [1.807, 2.05) is 30.9 Å². The highest BCUT2D eigenvalue weighted by Gasteiger charge is 2.16. The van der Waals surface area contributed by atoms with Crippen LogP contribution < -0.4 is 0 Å². The van der Waals surface area contributed by atoms with Gasteiger partial charge in [-0.1, -0.05) is 103 Å². The fourth-order valence-electron chi connectivity index (χ4n) is 5.66. The van der Waals surface area contributed by atoms with Crippen LogP contribution in [-0.4, -0.2) is 9.97 Å². The highest BCUT2D eigenvalue weighted by atomic mass is 14.6. The van der Waals surface area contributed by atoms with Crippen LogP contribution in [0.15, 0.2) is 140 Å². The van der Waals surface area contributed by atoms with Crippen molar-refractivity contribution in [3.63, 3.8) is 0 Å². The Hall–Kier alpha value is -5.08. The zero-order chi connectivity index (χ0) is 26.2. The summed E-state index contributed by atoms with van der Waals surface area (Å²) in [5, 5.41) is 5.03. The maximum atomic E-state index is 4.38. The molecule has 2 nitrogen and oxygen atoms in total. The smallest absolute Gasteiger partial charge is 0.0346 e. The Morgan fingerprint density at radius 1 is 0.385 bits per heavy atom. The van der Waals surface area contributed by atoms with Gasteiger partial charge in [0.2, 0.25) is 0 Å². The number of nitrogens with zero attached hydrogens (tertiary/aromatic N) is 2. The molecule has 0 saturated carbocycles. The molecule has 0 atom stereocenters. The molecule has 0 saturated heterocycles. The summed E-state index contributed by atoms with van der Waals surface area (Å²) in [7, 11) is 0. The third-order valence-corrected chi connectivity index (χ3v) is 7.48. The molecule has 184 valence electrons. The lowest BCUT2D eigenvalue weighted by Gasteiger charge is -2.18. The van der Waals surface area contributed by atoms with Gasteiger partial charge in [-0.05, 0) is 85.1 Å². The predicted octanol–water partition coefficient (Wildman–Crippen LogP) is 9.76. The minimum atomic E-state index is 1.12. The highest BCUT2D eigenvalue weighted by molar-refractivity contribution is 6.21. The molecular formula is C37H26N2. The molecule has 0 N–H and O–H groups in total. The lowest BCUT2D eigenvalue weighted by atomic mass is 9.85. The van der Waals surface area contributed by atoms with Crippen molar-refractivity contribution >= 4 is 21.5 Å². The van der Waals surface area contributed by atoms with Crippen LogP contribution in [0.2, 0.25) is 0 Å². The van der Waals surface area contributed by atoms with Gasteiger partial charge in [0.25, 0.3) is 0 Å². The Kier molecular flexibility index (Phi) is 5.71. The second kappa shape index (κ2) is 9.66. The molecule has 2 heteroatoms. The first-order valence-electron chi connectivity index (χ1n) is 13.2. The molecule has 7 aromatic rings. The summed E-state index contributed by atoms with van der Waals surface area (Å²) < 4.78 is 0. The van der Waals surface area contributed by atoms with Crippen LogP contribution >= 0.6 is 0 Å². The number of pyridine rings is 2. The van der Waals surface area contributed by atoms with Crippen LogP contribution in [-0.2, 0) is 0 Å². The molecule has 39 heavy (non-hydrogen) atoms. The summed E-state index contributed by atoms with van der Waals surface area (Å²) in [5.41, 5.74) is 10.7. The number of hydrogen-bond acceptors (Lipinski definition) is 2. The van der Waals surface area contributed by atoms with Gasteiger partial charge in [-0.15, -0.1) is 0 Å². The average molecular weight is 499 g/mol. The molecule has 7 rings (SSSR count). The molecule has 0 radical (unpaired) electrons. The molecule has 0 amide bonds. The van der Waals surface area contributed by atoms with Crippen molar-refractivity contribution < 1.29 is 0 Å². The second-order valence-electron chi connectivity index (χ2n) is 9.99. The Morgan fingerprint density at radius 2 is 0.846 bits per heavy atom. The quantitative estimate of drug-likeness (QED) is 0.226. The molecule has 0 aliphatic carbocycles. The fourth-order valence-corrected chi connectivity index (χ4v) is 5.66. The van der Waals surface area contributed by atoms with E-state index in [9.17, 15) is 0 Å². The monoisotopic (exact) mass is 498 g/mol. The molecule has 0 spiro atoms. The van der Waals surface area contributed by atoms with E-state index in [0.29, 0.717) is 0 Å². The summed E-state index contributed by atoms with van der Waals surface area (Å²) in [6.45, 7) is 2.08. The zero-order valence-corrected chi connectivity index (χ0v) is 21.7. The number of benzene rings is 5. The van der Waals surface area contributed by atoms with Crippen molar-refractivity contribution in [3.05, 3.63) is 146 Å². The normalized spacial score (nSPS) is 11.2. The lowest BCUT2D eigenvalue weighted by molar-refractivity contribution is 1.27. The first kappa shape index (κ1) is 23.1. The summed E-state index contributed by atoms with van der Waals surface area (Å²) in [4.78, 5) is 8.67. The number of fused-ring (bicyclic) bond motifs is 2. The van der Waals surface area contributed by atoms with E-state index in [1.165, 1.54) is 54.9 Å². The topological polar surface area (TPSA) is 25.8 Å². The van der Waals surface area contributed by atoms with Crippen molar-refractivity contribution in [3.8, 4) is 44.5 Å². The molecule has 0 aliphatic heterocycles. The third kappa shape index (κ3) is 4.17. The van der Waals surface area contributed by atoms with Crippen LogP contribution in [0.3, 0.4) is 0 Å².